The van der Waals surface area contributed by atoms with E-state index in [-0.39, 0.29) is 12.3 Å². The third-order valence-electron chi connectivity index (χ3n) is 4.24. The van der Waals surface area contributed by atoms with E-state index in [1.165, 1.54) is 11.1 Å². The van der Waals surface area contributed by atoms with Crippen LogP contribution in [0.3, 0.4) is 0 Å². The molecule has 2 N–H and O–H groups in total. The molecule has 0 saturated carbocycles. The van der Waals surface area contributed by atoms with Gasteiger partial charge in [-0.1, -0.05) is 54.2 Å². The van der Waals surface area contributed by atoms with Gasteiger partial charge in [-0.3, -0.25) is 9.59 Å². The van der Waals surface area contributed by atoms with Gasteiger partial charge in [-0.15, -0.1) is 5.10 Å². The van der Waals surface area contributed by atoms with Crippen LogP contribution in [-0.2, 0) is 9.59 Å². The van der Waals surface area contributed by atoms with E-state index in [0.717, 1.165) is 28.5 Å². The fourth-order valence-electron chi connectivity index (χ4n) is 2.58. The first-order valence-corrected chi connectivity index (χ1v) is 9.28. The zero-order valence-electron chi connectivity index (χ0n) is 15.0. The van der Waals surface area contributed by atoms with Gasteiger partial charge in [0.25, 0.3) is 0 Å². The molecule has 6 nitrogen and oxygen atoms in total. The highest BCUT2D eigenvalue weighted by Gasteiger charge is 2.32. The molecule has 0 radical (unpaired) electrons. The molecule has 0 bridgehead atoms. The van der Waals surface area contributed by atoms with Crippen molar-refractivity contribution >= 4 is 35.0 Å². The van der Waals surface area contributed by atoms with Gasteiger partial charge in [0.15, 0.2) is 5.17 Å². The molecule has 1 fully saturated rings. The molecule has 0 aromatic heterocycles. The number of benzene rings is 2. The van der Waals surface area contributed by atoms with Crippen molar-refractivity contribution in [2.24, 2.45) is 10.2 Å². The molecule has 1 heterocycles. The van der Waals surface area contributed by atoms with Crippen molar-refractivity contribution < 1.29 is 14.7 Å². The summed E-state index contributed by atoms with van der Waals surface area (Å²) < 4.78 is 0. The lowest BCUT2D eigenvalue weighted by molar-refractivity contribution is -0.138. The average molecular weight is 381 g/mol. The van der Waals surface area contributed by atoms with Crippen LogP contribution in [0.2, 0.25) is 0 Å². The van der Waals surface area contributed by atoms with E-state index >= 15 is 0 Å². The van der Waals surface area contributed by atoms with E-state index in [9.17, 15) is 9.59 Å². The standard InChI is InChI=1S/C20H19N3O3S/c1-12-3-6-16(9-13(12)2)15-7-4-14(5-8-15)11-21-23-20-22-19(26)17(27-20)10-18(24)25/h3-9,11,17H,10H2,1-2H3,(H,24,25)(H,22,23,26). The number of rotatable bonds is 5. The summed E-state index contributed by atoms with van der Waals surface area (Å²) in [6.45, 7) is 4.19. The molecular weight excluding hydrogens is 362 g/mol. The smallest absolute Gasteiger partial charge is 0.305 e. The molecule has 1 saturated heterocycles. The zero-order valence-corrected chi connectivity index (χ0v) is 15.8. The topological polar surface area (TPSA) is 91.1 Å². The number of hydrogen-bond acceptors (Lipinski definition) is 5. The number of amidine groups is 1. The molecule has 138 valence electrons. The van der Waals surface area contributed by atoms with E-state index in [1.807, 2.05) is 24.3 Å². The fourth-order valence-corrected chi connectivity index (χ4v) is 3.49. The van der Waals surface area contributed by atoms with Crippen molar-refractivity contribution in [1.29, 1.82) is 0 Å². The van der Waals surface area contributed by atoms with Crippen LogP contribution in [0.1, 0.15) is 23.1 Å². The first kappa shape index (κ1) is 18.8. The number of carbonyl (C=O) groups excluding carboxylic acids is 1. The monoisotopic (exact) mass is 381 g/mol. The maximum atomic E-state index is 11.6. The molecule has 3 rings (SSSR count). The number of thioether (sulfide) groups is 1. The molecule has 7 heteroatoms. The lowest BCUT2D eigenvalue weighted by Crippen LogP contribution is -2.26. The minimum atomic E-state index is -1.02. The molecule has 27 heavy (non-hydrogen) atoms. The Bertz CT molecular complexity index is 936. The Kier molecular flexibility index (Phi) is 5.71. The van der Waals surface area contributed by atoms with Gasteiger partial charge in [-0.2, -0.15) is 5.10 Å². The predicted octanol–water partition coefficient (Wildman–Crippen LogP) is 3.37. The number of nitrogens with one attached hydrogen (secondary N) is 1. The zero-order chi connectivity index (χ0) is 19.4. The molecule has 1 aliphatic rings. The third-order valence-corrected chi connectivity index (χ3v) is 5.31. The quantitative estimate of drug-likeness (QED) is 0.614. The van der Waals surface area contributed by atoms with Gasteiger partial charge in [-0.05, 0) is 41.7 Å². The van der Waals surface area contributed by atoms with E-state index < -0.39 is 11.2 Å². The molecule has 1 atom stereocenters. The first-order valence-electron chi connectivity index (χ1n) is 8.40. The highest BCUT2D eigenvalue weighted by Crippen LogP contribution is 2.23. The van der Waals surface area contributed by atoms with E-state index in [4.69, 9.17) is 5.11 Å². The second-order valence-corrected chi connectivity index (χ2v) is 7.46. The Hall–Kier alpha value is -2.93. The summed E-state index contributed by atoms with van der Waals surface area (Å²) in [5.41, 5.74) is 5.69. The Balaban J connectivity index is 1.65. The number of carboxylic acid groups (broad SMARTS) is 1. The number of nitrogens with zero attached hydrogens (tertiary/aromatic N) is 2. The number of aryl methyl sites for hydroxylation is 2. The molecule has 2 aromatic rings. The molecule has 1 aliphatic heterocycles. The van der Waals surface area contributed by atoms with Crippen molar-refractivity contribution in [2.75, 3.05) is 0 Å². The summed E-state index contributed by atoms with van der Waals surface area (Å²) in [6, 6.07) is 14.3. The van der Waals surface area contributed by atoms with Crippen molar-refractivity contribution in [3.05, 3.63) is 59.2 Å². The maximum absolute atomic E-state index is 11.6. The largest absolute Gasteiger partial charge is 0.481 e. The second-order valence-electron chi connectivity index (χ2n) is 6.26. The minimum Gasteiger partial charge on any atom is -0.481 e. The summed E-state index contributed by atoms with van der Waals surface area (Å²) in [4.78, 5) is 22.4. The Morgan fingerprint density at radius 1 is 1.15 bits per heavy atom. The third kappa shape index (κ3) is 4.83. The van der Waals surface area contributed by atoms with Crippen LogP contribution in [0.4, 0.5) is 0 Å². The first-order chi connectivity index (χ1) is 12.9. The summed E-state index contributed by atoms with van der Waals surface area (Å²) in [5, 5.41) is 18.9. The number of hydrogen-bond donors (Lipinski definition) is 2. The highest BCUT2D eigenvalue weighted by molar-refractivity contribution is 8.15. The number of aliphatic carboxylic acids is 1. The summed E-state index contributed by atoms with van der Waals surface area (Å²) in [7, 11) is 0. The van der Waals surface area contributed by atoms with E-state index in [0.29, 0.717) is 5.17 Å². The van der Waals surface area contributed by atoms with Crippen LogP contribution in [0.15, 0.2) is 52.7 Å². The van der Waals surface area contributed by atoms with Crippen LogP contribution in [-0.4, -0.2) is 33.6 Å². The minimum absolute atomic E-state index is 0.237. The van der Waals surface area contributed by atoms with Crippen LogP contribution >= 0.6 is 11.8 Å². The summed E-state index contributed by atoms with van der Waals surface area (Å²) in [6.07, 6.45) is 1.35. The maximum Gasteiger partial charge on any atom is 0.305 e. The van der Waals surface area contributed by atoms with Crippen LogP contribution in [0, 0.1) is 13.8 Å². The number of carboxylic acids is 1. The predicted molar refractivity (Wildman–Crippen MR) is 108 cm³/mol. The van der Waals surface area contributed by atoms with Crippen LogP contribution in [0.5, 0.6) is 0 Å². The van der Waals surface area contributed by atoms with E-state index in [1.54, 1.807) is 6.21 Å². The Morgan fingerprint density at radius 2 is 1.85 bits per heavy atom. The average Bonchev–Trinajstić information content (AvgIpc) is 2.97. The van der Waals surface area contributed by atoms with Gasteiger partial charge in [-0.25, -0.2) is 0 Å². The number of carbonyl (C=O) groups is 2. The van der Waals surface area contributed by atoms with Gasteiger partial charge in [0, 0.05) is 0 Å². The molecule has 0 spiro atoms. The Labute approximate surface area is 161 Å². The normalized spacial score (nSPS) is 18.2. The molecular formula is C20H19N3O3S. The Morgan fingerprint density at radius 3 is 2.52 bits per heavy atom. The van der Waals surface area contributed by atoms with Crippen molar-refractivity contribution in [3.63, 3.8) is 0 Å². The highest BCUT2D eigenvalue weighted by atomic mass is 32.2. The summed E-state index contributed by atoms with van der Waals surface area (Å²) in [5.74, 6) is -1.37. The lowest BCUT2D eigenvalue weighted by atomic mass is 10.00. The van der Waals surface area contributed by atoms with Crippen molar-refractivity contribution in [3.8, 4) is 11.1 Å². The van der Waals surface area contributed by atoms with Gasteiger partial charge in [0.1, 0.15) is 5.25 Å². The van der Waals surface area contributed by atoms with Gasteiger partial charge >= 0.3 is 5.97 Å². The van der Waals surface area contributed by atoms with E-state index in [2.05, 4.69) is 47.6 Å². The van der Waals surface area contributed by atoms with Crippen molar-refractivity contribution in [2.45, 2.75) is 25.5 Å². The van der Waals surface area contributed by atoms with Crippen LogP contribution < -0.4 is 5.32 Å². The molecule has 0 aliphatic carbocycles. The SMILES string of the molecule is Cc1ccc(-c2ccc(C=NN=C3NC(=O)C(CC(=O)O)S3)cc2)cc1C. The van der Waals surface area contributed by atoms with Gasteiger partial charge in [0.2, 0.25) is 5.91 Å². The lowest BCUT2D eigenvalue weighted by Gasteiger charge is -2.05. The van der Waals surface area contributed by atoms with Gasteiger partial charge in [0.05, 0.1) is 12.6 Å². The van der Waals surface area contributed by atoms with Crippen molar-refractivity contribution in [1.82, 2.24) is 5.32 Å². The molecule has 1 amide bonds. The molecule has 2 aromatic carbocycles. The van der Waals surface area contributed by atoms with Crippen LogP contribution in [0.25, 0.3) is 11.1 Å². The van der Waals surface area contributed by atoms with Gasteiger partial charge < -0.3 is 10.4 Å². The second kappa shape index (κ2) is 8.18. The fraction of sp³-hybridized carbons (Fsp3) is 0.200. The molecule has 1 unspecified atom stereocenters. The number of amides is 1. The summed E-state index contributed by atoms with van der Waals surface area (Å²) >= 11 is 1.08.